The summed E-state index contributed by atoms with van der Waals surface area (Å²) >= 11 is 0. The lowest BCUT2D eigenvalue weighted by Gasteiger charge is -2.10. The molecule has 2 N–H and O–H groups in total. The third kappa shape index (κ3) is 2.73. The summed E-state index contributed by atoms with van der Waals surface area (Å²) in [4.78, 5) is 8.16. The molecule has 6 heteroatoms. The van der Waals surface area contributed by atoms with Crippen molar-refractivity contribution in [1.29, 1.82) is 5.41 Å². The molecule has 0 saturated heterocycles. The Morgan fingerprint density at radius 2 is 2.00 bits per heavy atom. The second kappa shape index (κ2) is 5.51. The number of aromatic nitrogens is 2. The molecule has 0 radical (unpaired) electrons. The zero-order valence-corrected chi connectivity index (χ0v) is 10.2. The lowest BCUT2D eigenvalue weighted by molar-refractivity contribution is 0.590. The number of hydrogen-bond acceptors (Lipinski definition) is 4. The van der Waals surface area contributed by atoms with Crippen molar-refractivity contribution in [2.75, 3.05) is 5.32 Å². The molecule has 1 aromatic heterocycles. The van der Waals surface area contributed by atoms with Crippen molar-refractivity contribution in [2.45, 2.75) is 13.3 Å². The SMILES string of the molecule is CCc1ncc(C=N)c(Nc2c(F)cccc2F)n1. The molecule has 0 saturated carbocycles. The molecule has 0 atom stereocenters. The minimum atomic E-state index is -0.715. The third-order valence-corrected chi connectivity index (χ3v) is 2.54. The quantitative estimate of drug-likeness (QED) is 0.832. The van der Waals surface area contributed by atoms with Gasteiger partial charge in [-0.2, -0.15) is 0 Å². The molecule has 0 fully saturated rings. The Kier molecular flexibility index (Phi) is 3.79. The molecule has 0 aliphatic carbocycles. The van der Waals surface area contributed by atoms with Crippen LogP contribution in [-0.4, -0.2) is 16.2 Å². The predicted molar refractivity (Wildman–Crippen MR) is 68.9 cm³/mol. The van der Waals surface area contributed by atoms with Crippen LogP contribution in [0.3, 0.4) is 0 Å². The monoisotopic (exact) mass is 262 g/mol. The average Bonchev–Trinajstić information content (AvgIpc) is 2.42. The van der Waals surface area contributed by atoms with Crippen molar-refractivity contribution in [3.05, 3.63) is 47.4 Å². The molecule has 0 spiro atoms. The van der Waals surface area contributed by atoms with E-state index in [-0.39, 0.29) is 11.5 Å². The van der Waals surface area contributed by atoms with Gasteiger partial charge in [0.05, 0.1) is 5.56 Å². The van der Waals surface area contributed by atoms with E-state index < -0.39 is 11.6 Å². The first-order valence-corrected chi connectivity index (χ1v) is 5.73. The molecule has 98 valence electrons. The minimum Gasteiger partial charge on any atom is -0.335 e. The van der Waals surface area contributed by atoms with E-state index in [2.05, 4.69) is 15.3 Å². The van der Waals surface area contributed by atoms with Gasteiger partial charge in [-0.15, -0.1) is 0 Å². The second-order valence-electron chi connectivity index (χ2n) is 3.81. The summed E-state index contributed by atoms with van der Waals surface area (Å²) in [5.41, 5.74) is 0.0752. The van der Waals surface area contributed by atoms with Crippen LogP contribution in [0.5, 0.6) is 0 Å². The Morgan fingerprint density at radius 3 is 2.58 bits per heavy atom. The summed E-state index contributed by atoms with van der Waals surface area (Å²) in [6.07, 6.45) is 3.06. The van der Waals surface area contributed by atoms with Crippen LogP contribution in [-0.2, 0) is 6.42 Å². The van der Waals surface area contributed by atoms with Gasteiger partial charge in [0.2, 0.25) is 0 Å². The van der Waals surface area contributed by atoms with Crippen LogP contribution in [0.2, 0.25) is 0 Å². The van der Waals surface area contributed by atoms with Crippen LogP contribution in [0.25, 0.3) is 0 Å². The molecule has 19 heavy (non-hydrogen) atoms. The molecule has 1 heterocycles. The van der Waals surface area contributed by atoms with Gasteiger partial charge in [-0.3, -0.25) is 0 Å². The number of benzene rings is 1. The van der Waals surface area contributed by atoms with Gasteiger partial charge in [0, 0.05) is 18.8 Å². The number of nitrogens with zero attached hydrogens (tertiary/aromatic N) is 2. The Morgan fingerprint density at radius 1 is 1.32 bits per heavy atom. The van der Waals surface area contributed by atoms with E-state index in [1.807, 2.05) is 6.92 Å². The minimum absolute atomic E-state index is 0.214. The maximum atomic E-state index is 13.6. The number of nitrogens with one attached hydrogen (secondary N) is 2. The average molecular weight is 262 g/mol. The lowest BCUT2D eigenvalue weighted by Crippen LogP contribution is -2.05. The van der Waals surface area contributed by atoms with E-state index in [1.54, 1.807) is 0 Å². The molecule has 0 unspecified atom stereocenters. The van der Waals surface area contributed by atoms with E-state index >= 15 is 0 Å². The second-order valence-corrected chi connectivity index (χ2v) is 3.81. The highest BCUT2D eigenvalue weighted by Gasteiger charge is 2.12. The number of halogens is 2. The zero-order chi connectivity index (χ0) is 13.8. The molecule has 2 aromatic rings. The first kappa shape index (κ1) is 13.1. The normalized spacial score (nSPS) is 10.3. The van der Waals surface area contributed by atoms with Crippen molar-refractivity contribution >= 4 is 17.7 Å². The van der Waals surface area contributed by atoms with Gasteiger partial charge in [0.15, 0.2) is 0 Å². The Balaban J connectivity index is 2.45. The smallest absolute Gasteiger partial charge is 0.149 e. The van der Waals surface area contributed by atoms with Gasteiger partial charge in [-0.25, -0.2) is 18.7 Å². The molecule has 1 aromatic carbocycles. The third-order valence-electron chi connectivity index (χ3n) is 2.54. The number of hydrogen-bond donors (Lipinski definition) is 2. The Hall–Kier alpha value is -2.37. The van der Waals surface area contributed by atoms with Crippen molar-refractivity contribution in [1.82, 2.24) is 9.97 Å². The molecule has 0 amide bonds. The molecule has 0 aliphatic heterocycles. The number of para-hydroxylation sites is 1. The van der Waals surface area contributed by atoms with E-state index in [0.29, 0.717) is 17.8 Å². The summed E-state index contributed by atoms with van der Waals surface area (Å²) in [6.45, 7) is 1.87. The summed E-state index contributed by atoms with van der Waals surface area (Å²) < 4.78 is 27.1. The molecule has 0 aliphatic rings. The van der Waals surface area contributed by atoms with Gasteiger partial charge >= 0.3 is 0 Å². The maximum Gasteiger partial charge on any atom is 0.149 e. The summed E-state index contributed by atoms with van der Waals surface area (Å²) in [5.74, 6) is -0.684. The van der Waals surface area contributed by atoms with Crippen LogP contribution in [0.1, 0.15) is 18.3 Å². The fourth-order valence-electron chi connectivity index (χ4n) is 1.54. The highest BCUT2D eigenvalue weighted by atomic mass is 19.1. The van der Waals surface area contributed by atoms with E-state index in [0.717, 1.165) is 18.3 Å². The number of anilines is 2. The van der Waals surface area contributed by atoms with Gasteiger partial charge in [0.25, 0.3) is 0 Å². The van der Waals surface area contributed by atoms with Crippen LogP contribution in [0, 0.1) is 17.0 Å². The molecule has 0 bridgehead atoms. The Bertz CT molecular complexity index is 593. The van der Waals surface area contributed by atoms with Crippen LogP contribution in [0.15, 0.2) is 24.4 Å². The Labute approximate surface area is 109 Å². The lowest BCUT2D eigenvalue weighted by atomic mass is 10.2. The summed E-state index contributed by atoms with van der Waals surface area (Å²) in [6, 6.07) is 3.58. The zero-order valence-electron chi connectivity index (χ0n) is 10.2. The standard InChI is InChI=1S/C13H12F2N4/c1-2-11-17-7-8(6-16)13(18-11)19-12-9(14)4-3-5-10(12)15/h3-7,16H,2H2,1H3,(H,17,18,19). The fraction of sp³-hybridized carbons (Fsp3) is 0.154. The predicted octanol–water partition coefficient (Wildman–Crippen LogP) is 3.06. The van der Waals surface area contributed by atoms with Crippen molar-refractivity contribution in [3.8, 4) is 0 Å². The molecule has 2 rings (SSSR count). The molecule has 4 nitrogen and oxygen atoms in total. The first-order chi connectivity index (χ1) is 9.15. The molecular formula is C13H12F2N4. The van der Waals surface area contributed by atoms with Crippen LogP contribution < -0.4 is 5.32 Å². The highest BCUT2D eigenvalue weighted by Crippen LogP contribution is 2.23. The maximum absolute atomic E-state index is 13.6. The summed E-state index contributed by atoms with van der Waals surface area (Å²) in [7, 11) is 0. The van der Waals surface area contributed by atoms with Crippen molar-refractivity contribution < 1.29 is 8.78 Å². The van der Waals surface area contributed by atoms with Gasteiger partial charge in [-0.05, 0) is 12.1 Å². The van der Waals surface area contributed by atoms with E-state index in [4.69, 9.17) is 5.41 Å². The van der Waals surface area contributed by atoms with E-state index in [1.165, 1.54) is 12.3 Å². The topological polar surface area (TPSA) is 61.7 Å². The first-order valence-electron chi connectivity index (χ1n) is 5.73. The van der Waals surface area contributed by atoms with Gasteiger partial charge < -0.3 is 10.7 Å². The largest absolute Gasteiger partial charge is 0.335 e. The van der Waals surface area contributed by atoms with E-state index in [9.17, 15) is 8.78 Å². The fourth-order valence-corrected chi connectivity index (χ4v) is 1.54. The van der Waals surface area contributed by atoms with Crippen LogP contribution >= 0.6 is 0 Å². The van der Waals surface area contributed by atoms with Crippen molar-refractivity contribution in [2.24, 2.45) is 0 Å². The van der Waals surface area contributed by atoms with Crippen LogP contribution in [0.4, 0.5) is 20.3 Å². The summed E-state index contributed by atoms with van der Waals surface area (Å²) in [5, 5.41) is 9.84. The van der Waals surface area contributed by atoms with Gasteiger partial charge in [-0.1, -0.05) is 13.0 Å². The highest BCUT2D eigenvalue weighted by molar-refractivity contribution is 5.85. The van der Waals surface area contributed by atoms with Gasteiger partial charge in [0.1, 0.15) is 29.0 Å². The number of aryl methyl sites for hydroxylation is 1. The number of rotatable bonds is 4. The van der Waals surface area contributed by atoms with Crippen molar-refractivity contribution in [3.63, 3.8) is 0 Å². The molecular weight excluding hydrogens is 250 g/mol.